The Morgan fingerprint density at radius 2 is 2.32 bits per heavy atom. The number of halogens is 2. The lowest BCUT2D eigenvalue weighted by Crippen LogP contribution is -2.42. The molecule has 0 radical (unpaired) electrons. The molecule has 0 saturated carbocycles. The van der Waals surface area contributed by atoms with Crippen molar-refractivity contribution >= 4 is 33.5 Å². The number of carbonyl (C=O) groups is 1. The van der Waals surface area contributed by atoms with E-state index in [1.165, 1.54) is 5.56 Å². The number of likely N-dealkylation sites (tertiary alicyclic amines) is 1. The number of hydrogen-bond donors (Lipinski definition) is 1. The first-order valence-electron chi connectivity index (χ1n) is 6.38. The molecule has 19 heavy (non-hydrogen) atoms. The molecule has 3 nitrogen and oxygen atoms in total. The van der Waals surface area contributed by atoms with E-state index in [-0.39, 0.29) is 12.0 Å². The van der Waals surface area contributed by atoms with Crippen molar-refractivity contribution in [3.8, 4) is 0 Å². The molecule has 2 unspecified atom stereocenters. The van der Waals surface area contributed by atoms with Crippen molar-refractivity contribution in [2.75, 3.05) is 6.54 Å². The van der Waals surface area contributed by atoms with Crippen molar-refractivity contribution in [3.05, 3.63) is 33.3 Å². The summed E-state index contributed by atoms with van der Waals surface area (Å²) in [6, 6.07) is 6.09. The number of carboxylic acids is 1. The summed E-state index contributed by atoms with van der Waals surface area (Å²) in [4.78, 5) is 13.3. The average molecular weight is 347 g/mol. The molecule has 1 fully saturated rings. The number of piperidine rings is 1. The van der Waals surface area contributed by atoms with Crippen LogP contribution < -0.4 is 0 Å². The molecule has 1 heterocycles. The molecular formula is C14H17BrClNO2. The van der Waals surface area contributed by atoms with Crippen LogP contribution in [-0.4, -0.2) is 28.6 Å². The summed E-state index contributed by atoms with van der Waals surface area (Å²) in [6.07, 6.45) is 1.45. The molecule has 1 aromatic rings. The molecule has 1 aliphatic heterocycles. The predicted octanol–water partition coefficient (Wildman–Crippen LogP) is 3.79. The summed E-state index contributed by atoms with van der Waals surface area (Å²) in [5.74, 6) is -0.862. The summed E-state index contributed by atoms with van der Waals surface area (Å²) >= 11 is 9.46. The minimum Gasteiger partial charge on any atom is -0.481 e. The quantitative estimate of drug-likeness (QED) is 0.905. The Balaban J connectivity index is 2.02. The van der Waals surface area contributed by atoms with Gasteiger partial charge in [-0.15, -0.1) is 0 Å². The third-order valence-corrected chi connectivity index (χ3v) is 4.72. The molecule has 1 aromatic carbocycles. The van der Waals surface area contributed by atoms with Crippen LogP contribution in [0.1, 0.15) is 25.3 Å². The van der Waals surface area contributed by atoms with Crippen LogP contribution >= 0.6 is 27.5 Å². The lowest BCUT2D eigenvalue weighted by Gasteiger charge is -2.36. The maximum atomic E-state index is 11.0. The fourth-order valence-corrected chi connectivity index (χ4v) is 3.36. The first kappa shape index (κ1) is 14.8. The second-order valence-electron chi connectivity index (χ2n) is 5.11. The van der Waals surface area contributed by atoms with Gasteiger partial charge in [-0.3, -0.25) is 9.69 Å². The molecule has 1 saturated heterocycles. The highest BCUT2D eigenvalue weighted by Crippen LogP contribution is 2.28. The molecule has 0 aromatic heterocycles. The zero-order chi connectivity index (χ0) is 14.0. The third kappa shape index (κ3) is 3.71. The highest BCUT2D eigenvalue weighted by Gasteiger charge is 2.29. The van der Waals surface area contributed by atoms with Gasteiger partial charge in [0.15, 0.2) is 0 Å². The first-order chi connectivity index (χ1) is 8.97. The molecule has 1 aliphatic rings. The lowest BCUT2D eigenvalue weighted by atomic mass is 9.91. The fraction of sp³-hybridized carbons (Fsp3) is 0.500. The van der Waals surface area contributed by atoms with E-state index >= 15 is 0 Å². The molecule has 2 atom stereocenters. The Bertz CT molecular complexity index is 481. The van der Waals surface area contributed by atoms with Gasteiger partial charge in [0.1, 0.15) is 0 Å². The highest BCUT2D eigenvalue weighted by molar-refractivity contribution is 9.10. The number of aliphatic carboxylic acids is 1. The van der Waals surface area contributed by atoms with E-state index in [0.29, 0.717) is 5.02 Å². The molecular weight excluding hydrogens is 330 g/mol. The lowest BCUT2D eigenvalue weighted by molar-refractivity contribution is -0.144. The summed E-state index contributed by atoms with van der Waals surface area (Å²) in [5, 5.41) is 9.78. The monoisotopic (exact) mass is 345 g/mol. The second kappa shape index (κ2) is 6.25. The summed E-state index contributed by atoms with van der Waals surface area (Å²) in [6.45, 7) is 3.75. The minimum atomic E-state index is -0.667. The van der Waals surface area contributed by atoms with Crippen molar-refractivity contribution in [2.24, 2.45) is 5.92 Å². The van der Waals surface area contributed by atoms with Crippen LogP contribution in [0.5, 0.6) is 0 Å². The summed E-state index contributed by atoms with van der Waals surface area (Å²) in [5.41, 5.74) is 1.19. The Kier molecular flexibility index (Phi) is 4.87. The van der Waals surface area contributed by atoms with Crippen LogP contribution in [0.15, 0.2) is 22.7 Å². The average Bonchev–Trinajstić information content (AvgIpc) is 2.34. The van der Waals surface area contributed by atoms with E-state index < -0.39 is 5.97 Å². The van der Waals surface area contributed by atoms with Crippen LogP contribution in [0, 0.1) is 5.92 Å². The van der Waals surface area contributed by atoms with Crippen molar-refractivity contribution < 1.29 is 9.90 Å². The van der Waals surface area contributed by atoms with Crippen molar-refractivity contribution in [1.29, 1.82) is 0 Å². The van der Waals surface area contributed by atoms with Crippen molar-refractivity contribution in [2.45, 2.75) is 32.4 Å². The van der Waals surface area contributed by atoms with Gasteiger partial charge < -0.3 is 5.11 Å². The van der Waals surface area contributed by atoms with Crippen LogP contribution in [-0.2, 0) is 11.3 Å². The Morgan fingerprint density at radius 3 is 2.89 bits per heavy atom. The van der Waals surface area contributed by atoms with Gasteiger partial charge in [-0.05, 0) is 44.0 Å². The largest absolute Gasteiger partial charge is 0.481 e. The van der Waals surface area contributed by atoms with Crippen LogP contribution in [0.3, 0.4) is 0 Å². The van der Waals surface area contributed by atoms with Gasteiger partial charge >= 0.3 is 5.97 Å². The molecule has 0 bridgehead atoms. The molecule has 5 heteroatoms. The maximum Gasteiger partial charge on any atom is 0.306 e. The topological polar surface area (TPSA) is 40.5 Å². The third-order valence-electron chi connectivity index (χ3n) is 3.75. The second-order valence-corrected chi connectivity index (χ2v) is 6.41. The fourth-order valence-electron chi connectivity index (χ4n) is 2.55. The van der Waals surface area contributed by atoms with Gasteiger partial charge in [0.05, 0.1) is 5.92 Å². The van der Waals surface area contributed by atoms with Gasteiger partial charge in [-0.2, -0.15) is 0 Å². The van der Waals surface area contributed by atoms with E-state index in [4.69, 9.17) is 16.7 Å². The number of carboxylic acid groups (broad SMARTS) is 1. The van der Waals surface area contributed by atoms with Gasteiger partial charge in [-0.25, -0.2) is 0 Å². The van der Waals surface area contributed by atoms with Crippen LogP contribution in [0.25, 0.3) is 0 Å². The maximum absolute atomic E-state index is 11.0. The number of nitrogens with zero attached hydrogens (tertiary/aromatic N) is 1. The molecule has 1 N–H and O–H groups in total. The van der Waals surface area contributed by atoms with Crippen LogP contribution in [0.4, 0.5) is 0 Å². The summed E-state index contributed by atoms with van der Waals surface area (Å²) in [7, 11) is 0. The Hall–Kier alpha value is -0.580. The number of benzene rings is 1. The van der Waals surface area contributed by atoms with Gasteiger partial charge in [0, 0.05) is 22.1 Å². The SMILES string of the molecule is CC1CC(C(=O)O)CCN1Cc1ccc(Cl)cc1Br. The summed E-state index contributed by atoms with van der Waals surface area (Å²) < 4.78 is 1.01. The molecule has 104 valence electrons. The van der Waals surface area contributed by atoms with Crippen molar-refractivity contribution in [3.63, 3.8) is 0 Å². The molecule has 2 rings (SSSR count). The van der Waals surface area contributed by atoms with E-state index in [1.54, 1.807) is 0 Å². The smallest absolute Gasteiger partial charge is 0.306 e. The van der Waals surface area contributed by atoms with E-state index in [9.17, 15) is 4.79 Å². The standard InChI is InChI=1S/C14H17BrClNO2/c1-9-6-10(14(18)19)4-5-17(9)8-11-2-3-12(16)7-13(11)15/h2-3,7,9-10H,4-6,8H2,1H3,(H,18,19). The predicted molar refractivity (Wildman–Crippen MR) is 79.4 cm³/mol. The van der Waals surface area contributed by atoms with E-state index in [0.717, 1.165) is 30.4 Å². The Morgan fingerprint density at radius 1 is 1.58 bits per heavy atom. The van der Waals surface area contributed by atoms with Crippen LogP contribution in [0.2, 0.25) is 5.02 Å². The molecule has 0 amide bonds. The van der Waals surface area contributed by atoms with Crippen molar-refractivity contribution in [1.82, 2.24) is 4.90 Å². The van der Waals surface area contributed by atoms with Gasteiger partial charge in [0.25, 0.3) is 0 Å². The number of rotatable bonds is 3. The Labute approximate surface area is 126 Å². The van der Waals surface area contributed by atoms with Gasteiger partial charge in [0.2, 0.25) is 0 Å². The first-order valence-corrected chi connectivity index (χ1v) is 7.55. The highest BCUT2D eigenvalue weighted by atomic mass is 79.9. The van der Waals surface area contributed by atoms with E-state index in [2.05, 4.69) is 27.8 Å². The normalized spacial score (nSPS) is 24.4. The molecule has 0 spiro atoms. The zero-order valence-corrected chi connectivity index (χ0v) is 13.1. The van der Waals surface area contributed by atoms with E-state index in [1.807, 2.05) is 18.2 Å². The number of hydrogen-bond acceptors (Lipinski definition) is 2. The zero-order valence-electron chi connectivity index (χ0n) is 10.8. The van der Waals surface area contributed by atoms with Gasteiger partial charge in [-0.1, -0.05) is 33.6 Å². The minimum absolute atomic E-state index is 0.195. The molecule has 0 aliphatic carbocycles.